The number of likely N-dealkylation sites (tertiary alicyclic amines) is 1. The van der Waals surface area contributed by atoms with Crippen molar-refractivity contribution in [2.24, 2.45) is 0 Å². The molecule has 7 nitrogen and oxygen atoms in total. The van der Waals surface area contributed by atoms with Gasteiger partial charge in [0, 0.05) is 6.54 Å². The Morgan fingerprint density at radius 1 is 1.36 bits per heavy atom. The van der Waals surface area contributed by atoms with E-state index in [0.29, 0.717) is 30.8 Å². The van der Waals surface area contributed by atoms with Crippen molar-refractivity contribution in [3.63, 3.8) is 0 Å². The zero-order chi connectivity index (χ0) is 15.7. The highest BCUT2D eigenvalue weighted by atomic mass is 16.5. The molecule has 2 amide bonds. The highest BCUT2D eigenvalue weighted by Gasteiger charge is 2.37. The maximum absolute atomic E-state index is 12.3. The van der Waals surface area contributed by atoms with Crippen LogP contribution in [-0.4, -0.2) is 46.5 Å². The molecule has 2 atom stereocenters. The number of nitrogens with zero attached hydrogens (tertiary/aromatic N) is 1. The topological polar surface area (TPSA) is 95.9 Å². The third kappa shape index (κ3) is 2.61. The molecule has 1 aromatic carbocycles. The molecular formula is C15H16N2O5. The van der Waals surface area contributed by atoms with Gasteiger partial charge in [0.15, 0.2) is 6.10 Å². The number of carbonyl (C=O) groups excluding carboxylic acids is 2. The summed E-state index contributed by atoms with van der Waals surface area (Å²) in [6.07, 6.45) is 0.00640. The van der Waals surface area contributed by atoms with Crippen molar-refractivity contribution in [1.29, 1.82) is 0 Å². The average Bonchev–Trinajstić information content (AvgIpc) is 2.97. The summed E-state index contributed by atoms with van der Waals surface area (Å²) in [5.41, 5.74) is 0.570. The number of hydrogen-bond donors (Lipinski definition) is 2. The molecule has 2 aliphatic rings. The maximum Gasteiger partial charge on any atom is 0.326 e. The number of rotatable bonds is 3. The molecule has 0 bridgehead atoms. The lowest BCUT2D eigenvalue weighted by molar-refractivity contribution is -0.149. The molecule has 7 heteroatoms. The van der Waals surface area contributed by atoms with Crippen molar-refractivity contribution in [2.45, 2.75) is 31.4 Å². The molecule has 0 spiro atoms. The smallest absolute Gasteiger partial charge is 0.326 e. The van der Waals surface area contributed by atoms with E-state index >= 15 is 0 Å². The molecule has 0 aromatic heterocycles. The van der Waals surface area contributed by atoms with E-state index < -0.39 is 24.0 Å². The second kappa shape index (κ2) is 5.67. The highest BCUT2D eigenvalue weighted by molar-refractivity contribution is 6.00. The summed E-state index contributed by atoms with van der Waals surface area (Å²) in [5.74, 6) is -1.26. The van der Waals surface area contributed by atoms with E-state index in [2.05, 4.69) is 5.32 Å². The van der Waals surface area contributed by atoms with Crippen LogP contribution in [0.15, 0.2) is 24.3 Å². The van der Waals surface area contributed by atoms with Crippen molar-refractivity contribution >= 4 is 23.5 Å². The second-order valence-corrected chi connectivity index (χ2v) is 5.38. The van der Waals surface area contributed by atoms with E-state index in [1.807, 2.05) is 0 Å². The third-order valence-corrected chi connectivity index (χ3v) is 3.92. The number of fused-ring (bicyclic) bond motifs is 1. The number of carboxylic acid groups (broad SMARTS) is 1. The molecule has 1 fully saturated rings. The van der Waals surface area contributed by atoms with Gasteiger partial charge in [-0.25, -0.2) is 4.79 Å². The lowest BCUT2D eigenvalue weighted by Crippen LogP contribution is -2.45. The van der Waals surface area contributed by atoms with Crippen LogP contribution in [0.1, 0.15) is 19.3 Å². The van der Waals surface area contributed by atoms with Gasteiger partial charge in [0.05, 0.1) is 12.1 Å². The number of ether oxygens (including phenoxy) is 1. The lowest BCUT2D eigenvalue weighted by atomic mass is 10.1. The van der Waals surface area contributed by atoms with Gasteiger partial charge in [-0.15, -0.1) is 0 Å². The molecule has 2 heterocycles. The van der Waals surface area contributed by atoms with Crippen LogP contribution in [0.5, 0.6) is 5.75 Å². The molecule has 2 N–H and O–H groups in total. The molecule has 3 rings (SSSR count). The summed E-state index contributed by atoms with van der Waals surface area (Å²) >= 11 is 0. The van der Waals surface area contributed by atoms with Crippen LogP contribution in [0.3, 0.4) is 0 Å². The number of amides is 2. The van der Waals surface area contributed by atoms with Gasteiger partial charge in [0.25, 0.3) is 5.91 Å². The largest absolute Gasteiger partial charge is 0.480 e. The maximum atomic E-state index is 12.3. The van der Waals surface area contributed by atoms with Crippen molar-refractivity contribution in [3.8, 4) is 5.75 Å². The predicted octanol–water partition coefficient (Wildman–Crippen LogP) is 0.852. The third-order valence-electron chi connectivity index (χ3n) is 3.92. The van der Waals surface area contributed by atoms with Crippen LogP contribution in [-0.2, 0) is 14.4 Å². The minimum atomic E-state index is -1.01. The van der Waals surface area contributed by atoms with Crippen molar-refractivity contribution < 1.29 is 24.2 Å². The van der Waals surface area contributed by atoms with Crippen LogP contribution in [0.2, 0.25) is 0 Å². The standard InChI is InChI=1S/C15H16N2O5/c18-13(17-7-3-5-10(17)15(20)21)8-12-14(19)16-9-4-1-2-6-11(9)22-12/h1-2,4,6,10,12H,3,5,7-8H2,(H,16,19)(H,20,21)/t10-,12?/m1/s1. The Kier molecular flexibility index (Phi) is 3.70. The van der Waals surface area contributed by atoms with Gasteiger partial charge in [-0.2, -0.15) is 0 Å². The van der Waals surface area contributed by atoms with Crippen LogP contribution in [0.4, 0.5) is 5.69 Å². The van der Waals surface area contributed by atoms with E-state index in [1.54, 1.807) is 24.3 Å². The van der Waals surface area contributed by atoms with Gasteiger partial charge in [0.2, 0.25) is 5.91 Å². The number of aliphatic carboxylic acids is 1. The molecule has 116 valence electrons. The van der Waals surface area contributed by atoms with Gasteiger partial charge in [-0.3, -0.25) is 9.59 Å². The number of carbonyl (C=O) groups is 3. The minimum absolute atomic E-state index is 0.163. The summed E-state index contributed by atoms with van der Waals surface area (Å²) in [4.78, 5) is 36.7. The van der Waals surface area contributed by atoms with Crippen molar-refractivity contribution in [3.05, 3.63) is 24.3 Å². The fourth-order valence-electron chi connectivity index (χ4n) is 2.82. The first kappa shape index (κ1) is 14.4. The quantitative estimate of drug-likeness (QED) is 0.863. The summed E-state index contributed by atoms with van der Waals surface area (Å²) in [5, 5.41) is 11.8. The lowest BCUT2D eigenvalue weighted by Gasteiger charge is -2.28. The summed E-state index contributed by atoms with van der Waals surface area (Å²) < 4.78 is 5.56. The Labute approximate surface area is 126 Å². The fraction of sp³-hybridized carbons (Fsp3) is 0.400. The second-order valence-electron chi connectivity index (χ2n) is 5.38. The molecule has 0 aliphatic carbocycles. The van der Waals surface area contributed by atoms with Crippen LogP contribution in [0.25, 0.3) is 0 Å². The zero-order valence-corrected chi connectivity index (χ0v) is 11.8. The predicted molar refractivity (Wildman–Crippen MR) is 76.5 cm³/mol. The van der Waals surface area contributed by atoms with Gasteiger partial charge >= 0.3 is 5.97 Å². The summed E-state index contributed by atoms with van der Waals surface area (Å²) in [6.45, 7) is 0.403. The Morgan fingerprint density at radius 3 is 2.91 bits per heavy atom. The number of nitrogens with one attached hydrogen (secondary N) is 1. The Hall–Kier alpha value is -2.57. The Morgan fingerprint density at radius 2 is 2.14 bits per heavy atom. The van der Waals surface area contributed by atoms with Gasteiger partial charge < -0.3 is 20.1 Å². The normalized spacial score (nSPS) is 23.5. The van der Waals surface area contributed by atoms with Crippen molar-refractivity contribution in [1.82, 2.24) is 4.90 Å². The van der Waals surface area contributed by atoms with Crippen LogP contribution in [0, 0.1) is 0 Å². The Balaban J connectivity index is 1.70. The number of carboxylic acids is 1. The number of para-hydroxylation sites is 2. The average molecular weight is 304 g/mol. The monoisotopic (exact) mass is 304 g/mol. The molecule has 1 aromatic rings. The van der Waals surface area contributed by atoms with Crippen LogP contribution < -0.4 is 10.1 Å². The zero-order valence-electron chi connectivity index (χ0n) is 11.8. The van der Waals surface area contributed by atoms with E-state index in [0.717, 1.165) is 0 Å². The molecule has 2 aliphatic heterocycles. The van der Waals surface area contributed by atoms with E-state index in [-0.39, 0.29) is 12.3 Å². The highest BCUT2D eigenvalue weighted by Crippen LogP contribution is 2.30. The summed E-state index contributed by atoms with van der Waals surface area (Å²) in [7, 11) is 0. The number of anilines is 1. The van der Waals surface area contributed by atoms with E-state index in [9.17, 15) is 14.4 Å². The van der Waals surface area contributed by atoms with Crippen LogP contribution >= 0.6 is 0 Å². The molecule has 0 saturated carbocycles. The number of benzene rings is 1. The van der Waals surface area contributed by atoms with Gasteiger partial charge in [-0.1, -0.05) is 12.1 Å². The molecule has 1 saturated heterocycles. The van der Waals surface area contributed by atoms with E-state index in [1.165, 1.54) is 4.90 Å². The molecule has 1 unspecified atom stereocenters. The van der Waals surface area contributed by atoms with E-state index in [4.69, 9.17) is 9.84 Å². The first-order chi connectivity index (χ1) is 10.6. The van der Waals surface area contributed by atoms with Gasteiger partial charge in [0.1, 0.15) is 11.8 Å². The first-order valence-electron chi connectivity index (χ1n) is 7.15. The molecule has 22 heavy (non-hydrogen) atoms. The summed E-state index contributed by atoms with van der Waals surface area (Å²) in [6, 6.07) is 6.17. The fourth-order valence-corrected chi connectivity index (χ4v) is 2.82. The Bertz CT molecular complexity index is 630. The van der Waals surface area contributed by atoms with Crippen molar-refractivity contribution in [2.75, 3.05) is 11.9 Å². The molecule has 0 radical (unpaired) electrons. The number of hydrogen-bond acceptors (Lipinski definition) is 4. The minimum Gasteiger partial charge on any atom is -0.480 e. The first-order valence-corrected chi connectivity index (χ1v) is 7.15. The molecular weight excluding hydrogens is 288 g/mol. The SMILES string of the molecule is O=C1Nc2ccccc2OC1CC(=O)N1CCC[C@@H]1C(=O)O. The van der Waals surface area contributed by atoms with Gasteiger partial charge in [-0.05, 0) is 25.0 Å².